The summed E-state index contributed by atoms with van der Waals surface area (Å²) in [5.41, 5.74) is 2.03. The Morgan fingerprint density at radius 3 is 2.54 bits per heavy atom. The first-order valence-electron chi connectivity index (χ1n) is 9.28. The monoisotopic (exact) mass is 352 g/mol. The molecular formula is C23H28O3. The predicted molar refractivity (Wildman–Crippen MR) is 107 cm³/mol. The summed E-state index contributed by atoms with van der Waals surface area (Å²) in [5, 5.41) is 0. The molecule has 2 aromatic carbocycles. The number of hydrogen-bond acceptors (Lipinski definition) is 3. The Balaban J connectivity index is 1.92. The molecule has 3 heteroatoms. The van der Waals surface area contributed by atoms with E-state index in [1.165, 1.54) is 12.8 Å². The second-order valence-electron chi connectivity index (χ2n) is 6.29. The number of allylic oxidation sites excluding steroid dienone is 1. The van der Waals surface area contributed by atoms with Gasteiger partial charge in [-0.2, -0.15) is 0 Å². The van der Waals surface area contributed by atoms with Gasteiger partial charge in [0.05, 0.1) is 7.11 Å². The van der Waals surface area contributed by atoms with Crippen LogP contribution in [0.25, 0.3) is 6.08 Å². The molecule has 26 heavy (non-hydrogen) atoms. The maximum atomic E-state index is 11.9. The molecule has 0 saturated carbocycles. The van der Waals surface area contributed by atoms with Gasteiger partial charge >= 0.3 is 0 Å². The zero-order chi connectivity index (χ0) is 18.6. The quantitative estimate of drug-likeness (QED) is 0.377. The van der Waals surface area contributed by atoms with Crippen molar-refractivity contribution in [2.45, 2.75) is 45.6 Å². The lowest BCUT2D eigenvalue weighted by molar-refractivity contribution is -0.114. The highest BCUT2D eigenvalue weighted by atomic mass is 16.5. The lowest BCUT2D eigenvalue weighted by Crippen LogP contribution is -1.98. The van der Waals surface area contributed by atoms with Crippen LogP contribution in [0.3, 0.4) is 0 Å². The second kappa shape index (κ2) is 11.1. The number of ether oxygens (including phenoxy) is 2. The predicted octanol–water partition coefficient (Wildman–Crippen LogP) is 5.83. The van der Waals surface area contributed by atoms with Crippen molar-refractivity contribution in [2.75, 3.05) is 7.11 Å². The molecule has 2 rings (SSSR count). The van der Waals surface area contributed by atoms with Crippen molar-refractivity contribution in [3.63, 3.8) is 0 Å². The number of carbonyl (C=O) groups excluding carboxylic acids is 1. The summed E-state index contributed by atoms with van der Waals surface area (Å²) in [5.74, 6) is 1.53. The fraction of sp³-hybridized carbons (Fsp3) is 0.348. The molecule has 0 unspecified atom stereocenters. The number of ketones is 1. The Bertz CT molecular complexity index is 705. The molecule has 0 N–H and O–H groups in total. The molecule has 0 aliphatic heterocycles. The van der Waals surface area contributed by atoms with E-state index in [-0.39, 0.29) is 5.78 Å². The van der Waals surface area contributed by atoms with Crippen molar-refractivity contribution in [3.05, 3.63) is 65.7 Å². The maximum absolute atomic E-state index is 11.9. The standard InChI is InChI=1S/C23H28O3/c1-3-4-5-9-12-21(24)15-13-19-14-16-22(23(17-19)25-2)26-18-20-10-7-6-8-11-20/h6-8,10-11,13-17H,3-5,9,12,18H2,1-2H3/b15-13+. The summed E-state index contributed by atoms with van der Waals surface area (Å²) in [6.45, 7) is 2.66. The highest BCUT2D eigenvalue weighted by Gasteiger charge is 2.06. The highest BCUT2D eigenvalue weighted by molar-refractivity contribution is 5.93. The molecule has 2 aromatic rings. The minimum Gasteiger partial charge on any atom is -0.493 e. The smallest absolute Gasteiger partial charge is 0.161 e. The molecule has 0 heterocycles. The average Bonchev–Trinajstić information content (AvgIpc) is 2.69. The number of methoxy groups -OCH3 is 1. The van der Waals surface area contributed by atoms with Crippen LogP contribution in [-0.4, -0.2) is 12.9 Å². The summed E-state index contributed by atoms with van der Waals surface area (Å²) < 4.78 is 11.3. The van der Waals surface area contributed by atoms with Crippen LogP contribution in [0, 0.1) is 0 Å². The second-order valence-corrected chi connectivity index (χ2v) is 6.29. The van der Waals surface area contributed by atoms with Crippen LogP contribution in [0.4, 0.5) is 0 Å². The minimum absolute atomic E-state index is 0.171. The minimum atomic E-state index is 0.171. The van der Waals surface area contributed by atoms with Crippen LogP contribution < -0.4 is 9.47 Å². The van der Waals surface area contributed by atoms with Gasteiger partial charge in [-0.15, -0.1) is 0 Å². The molecule has 0 aliphatic carbocycles. The van der Waals surface area contributed by atoms with Gasteiger partial charge in [-0.3, -0.25) is 4.79 Å². The number of carbonyl (C=O) groups is 1. The molecule has 0 atom stereocenters. The summed E-state index contributed by atoms with van der Waals surface area (Å²) in [6.07, 6.45) is 8.58. The van der Waals surface area contributed by atoms with E-state index in [1.807, 2.05) is 54.6 Å². The molecule has 0 aromatic heterocycles. The largest absolute Gasteiger partial charge is 0.493 e. The lowest BCUT2D eigenvalue weighted by Gasteiger charge is -2.11. The fourth-order valence-corrected chi connectivity index (χ4v) is 2.64. The van der Waals surface area contributed by atoms with Gasteiger partial charge < -0.3 is 9.47 Å². The van der Waals surface area contributed by atoms with E-state index >= 15 is 0 Å². The van der Waals surface area contributed by atoms with Crippen molar-refractivity contribution < 1.29 is 14.3 Å². The Kier molecular flexibility index (Phi) is 8.47. The van der Waals surface area contributed by atoms with Crippen molar-refractivity contribution >= 4 is 11.9 Å². The van der Waals surface area contributed by atoms with E-state index in [2.05, 4.69) is 6.92 Å². The zero-order valence-electron chi connectivity index (χ0n) is 15.7. The Hall–Kier alpha value is -2.55. The molecule has 0 spiro atoms. The van der Waals surface area contributed by atoms with Crippen LogP contribution in [0.5, 0.6) is 11.5 Å². The number of unbranched alkanes of at least 4 members (excludes halogenated alkanes) is 3. The maximum Gasteiger partial charge on any atom is 0.161 e. The first-order valence-corrected chi connectivity index (χ1v) is 9.28. The summed E-state index contributed by atoms with van der Waals surface area (Å²) in [6, 6.07) is 15.7. The first kappa shape index (κ1) is 19.8. The molecule has 0 amide bonds. The van der Waals surface area contributed by atoms with Gasteiger partial charge in [0.2, 0.25) is 0 Å². The van der Waals surface area contributed by atoms with E-state index in [0.29, 0.717) is 24.5 Å². The summed E-state index contributed by atoms with van der Waals surface area (Å²) in [7, 11) is 1.62. The third-order valence-electron chi connectivity index (χ3n) is 4.16. The topological polar surface area (TPSA) is 35.5 Å². The number of hydrogen-bond donors (Lipinski definition) is 0. The van der Waals surface area contributed by atoms with Gasteiger partial charge in [0.15, 0.2) is 17.3 Å². The normalized spacial score (nSPS) is 10.8. The average molecular weight is 352 g/mol. The zero-order valence-corrected chi connectivity index (χ0v) is 15.7. The Labute approximate surface area is 156 Å². The van der Waals surface area contributed by atoms with Crippen molar-refractivity contribution in [1.82, 2.24) is 0 Å². The van der Waals surface area contributed by atoms with Crippen LogP contribution in [-0.2, 0) is 11.4 Å². The van der Waals surface area contributed by atoms with Crippen molar-refractivity contribution in [1.29, 1.82) is 0 Å². The molecule has 0 saturated heterocycles. The molecule has 3 nitrogen and oxygen atoms in total. The van der Waals surface area contributed by atoms with Crippen molar-refractivity contribution in [3.8, 4) is 11.5 Å². The van der Waals surface area contributed by atoms with Gasteiger partial charge in [0.25, 0.3) is 0 Å². The van der Waals surface area contributed by atoms with E-state index in [0.717, 1.165) is 24.0 Å². The SMILES string of the molecule is CCCCCCC(=O)/C=C/c1ccc(OCc2ccccc2)c(OC)c1. The van der Waals surface area contributed by atoms with E-state index in [4.69, 9.17) is 9.47 Å². The van der Waals surface area contributed by atoms with Crippen LogP contribution in [0.1, 0.15) is 50.2 Å². The lowest BCUT2D eigenvalue weighted by atomic mass is 10.1. The fourth-order valence-electron chi connectivity index (χ4n) is 2.64. The third-order valence-corrected chi connectivity index (χ3v) is 4.16. The number of benzene rings is 2. The van der Waals surface area contributed by atoms with Gasteiger partial charge in [-0.05, 0) is 35.8 Å². The van der Waals surface area contributed by atoms with Crippen LogP contribution >= 0.6 is 0 Å². The van der Waals surface area contributed by atoms with Gasteiger partial charge in [0.1, 0.15) is 6.61 Å². The molecule has 0 bridgehead atoms. The summed E-state index contributed by atoms with van der Waals surface area (Å²) >= 11 is 0. The van der Waals surface area contributed by atoms with Gasteiger partial charge in [-0.25, -0.2) is 0 Å². The highest BCUT2D eigenvalue weighted by Crippen LogP contribution is 2.29. The first-order chi connectivity index (χ1) is 12.7. The van der Waals surface area contributed by atoms with E-state index < -0.39 is 0 Å². The number of rotatable bonds is 11. The molecule has 0 fully saturated rings. The van der Waals surface area contributed by atoms with E-state index in [9.17, 15) is 4.79 Å². The van der Waals surface area contributed by atoms with E-state index in [1.54, 1.807) is 13.2 Å². The third kappa shape index (κ3) is 6.75. The summed E-state index contributed by atoms with van der Waals surface area (Å²) in [4.78, 5) is 11.9. The van der Waals surface area contributed by atoms with Gasteiger partial charge in [0, 0.05) is 6.42 Å². The Morgan fingerprint density at radius 1 is 1.00 bits per heavy atom. The molecular weight excluding hydrogens is 324 g/mol. The molecule has 0 radical (unpaired) electrons. The molecule has 0 aliphatic rings. The Morgan fingerprint density at radius 2 is 1.81 bits per heavy atom. The van der Waals surface area contributed by atoms with Crippen LogP contribution in [0.15, 0.2) is 54.6 Å². The van der Waals surface area contributed by atoms with Crippen molar-refractivity contribution in [2.24, 2.45) is 0 Å². The van der Waals surface area contributed by atoms with Gasteiger partial charge in [-0.1, -0.05) is 68.7 Å². The molecule has 138 valence electrons. The van der Waals surface area contributed by atoms with Crippen LogP contribution in [0.2, 0.25) is 0 Å².